The number of nitrogens with zero attached hydrogens (tertiary/aromatic N) is 1. The Kier molecular flexibility index (Phi) is 7.82. The second-order valence-electron chi connectivity index (χ2n) is 7.71. The molecule has 0 saturated heterocycles. The predicted molar refractivity (Wildman–Crippen MR) is 115 cm³/mol. The smallest absolute Gasteiger partial charge is 0.253 e. The Morgan fingerprint density at radius 1 is 0.931 bits per heavy atom. The van der Waals surface area contributed by atoms with Gasteiger partial charge >= 0.3 is 0 Å². The Morgan fingerprint density at radius 2 is 1.62 bits per heavy atom. The third kappa shape index (κ3) is 6.16. The monoisotopic (exact) mass is 393 g/mol. The summed E-state index contributed by atoms with van der Waals surface area (Å²) < 4.78 is 0. The Labute approximate surface area is 173 Å². The van der Waals surface area contributed by atoms with E-state index < -0.39 is 0 Å². The zero-order chi connectivity index (χ0) is 20.5. The van der Waals surface area contributed by atoms with Gasteiger partial charge in [0.25, 0.3) is 5.91 Å². The predicted octanol–water partition coefficient (Wildman–Crippen LogP) is 3.14. The van der Waals surface area contributed by atoms with Crippen LogP contribution < -0.4 is 11.1 Å². The number of hydrogen-bond acceptors (Lipinski definition) is 3. The lowest BCUT2D eigenvalue weighted by Crippen LogP contribution is -2.37. The molecule has 5 heteroatoms. The van der Waals surface area contributed by atoms with Crippen LogP contribution in [0.2, 0.25) is 0 Å². The van der Waals surface area contributed by atoms with Gasteiger partial charge in [-0.25, -0.2) is 0 Å². The van der Waals surface area contributed by atoms with Gasteiger partial charge in [-0.05, 0) is 42.5 Å². The van der Waals surface area contributed by atoms with Crippen molar-refractivity contribution in [1.82, 2.24) is 10.2 Å². The Bertz CT molecular complexity index is 784. The standard InChI is InChI=1S/C24H31N3O2/c25-15-17-27(16-14-19-6-2-1-3-7-19)24(29)22-12-10-20(11-13-22)18-26-23(28)21-8-4-5-9-21/h1-3,6-7,10-13,21H,4-5,8-9,14-18,25H2,(H,26,28). The second kappa shape index (κ2) is 10.8. The number of carbonyl (C=O) groups is 2. The van der Waals surface area contributed by atoms with Crippen molar-refractivity contribution in [3.05, 3.63) is 71.3 Å². The van der Waals surface area contributed by atoms with Crippen LogP contribution in [0, 0.1) is 5.92 Å². The van der Waals surface area contributed by atoms with Gasteiger partial charge in [-0.3, -0.25) is 9.59 Å². The molecule has 0 aromatic heterocycles. The van der Waals surface area contributed by atoms with Gasteiger partial charge in [-0.15, -0.1) is 0 Å². The van der Waals surface area contributed by atoms with Gasteiger partial charge in [0.15, 0.2) is 0 Å². The highest BCUT2D eigenvalue weighted by molar-refractivity contribution is 5.94. The molecule has 0 atom stereocenters. The largest absolute Gasteiger partial charge is 0.352 e. The summed E-state index contributed by atoms with van der Waals surface area (Å²) in [5.41, 5.74) is 8.58. The van der Waals surface area contributed by atoms with Crippen molar-refractivity contribution in [1.29, 1.82) is 0 Å². The summed E-state index contributed by atoms with van der Waals surface area (Å²) in [7, 11) is 0. The quantitative estimate of drug-likeness (QED) is 0.687. The fraction of sp³-hybridized carbons (Fsp3) is 0.417. The van der Waals surface area contributed by atoms with E-state index in [4.69, 9.17) is 5.73 Å². The van der Waals surface area contributed by atoms with Gasteiger partial charge in [-0.1, -0.05) is 55.3 Å². The zero-order valence-corrected chi connectivity index (χ0v) is 17.0. The summed E-state index contributed by atoms with van der Waals surface area (Å²) in [6.07, 6.45) is 5.10. The molecule has 3 N–H and O–H groups in total. The fourth-order valence-corrected chi connectivity index (χ4v) is 3.85. The van der Waals surface area contributed by atoms with Crippen LogP contribution in [0.25, 0.3) is 0 Å². The number of rotatable bonds is 9. The van der Waals surface area contributed by atoms with Gasteiger partial charge < -0.3 is 16.0 Å². The average Bonchev–Trinajstić information content (AvgIpc) is 3.31. The minimum atomic E-state index is -0.00655. The van der Waals surface area contributed by atoms with E-state index in [-0.39, 0.29) is 17.7 Å². The van der Waals surface area contributed by atoms with E-state index in [1.54, 1.807) is 0 Å². The lowest BCUT2D eigenvalue weighted by Gasteiger charge is -2.22. The molecule has 1 fully saturated rings. The maximum absolute atomic E-state index is 12.9. The van der Waals surface area contributed by atoms with Crippen LogP contribution >= 0.6 is 0 Å². The highest BCUT2D eigenvalue weighted by Gasteiger charge is 2.22. The van der Waals surface area contributed by atoms with Crippen molar-refractivity contribution in [3.63, 3.8) is 0 Å². The van der Waals surface area contributed by atoms with Crippen LogP contribution in [0.5, 0.6) is 0 Å². The van der Waals surface area contributed by atoms with Gasteiger partial charge in [0, 0.05) is 37.7 Å². The molecule has 3 rings (SSSR count). The molecular weight excluding hydrogens is 362 g/mol. The van der Waals surface area contributed by atoms with Crippen LogP contribution in [-0.2, 0) is 17.8 Å². The van der Waals surface area contributed by atoms with Crippen LogP contribution in [-0.4, -0.2) is 36.3 Å². The Morgan fingerprint density at radius 3 is 2.28 bits per heavy atom. The van der Waals surface area contributed by atoms with E-state index in [0.29, 0.717) is 31.7 Å². The van der Waals surface area contributed by atoms with Gasteiger partial charge in [0.1, 0.15) is 0 Å². The molecule has 0 radical (unpaired) electrons. The van der Waals surface area contributed by atoms with E-state index in [1.165, 1.54) is 5.56 Å². The summed E-state index contributed by atoms with van der Waals surface area (Å²) in [5, 5.41) is 3.02. The number of nitrogens with one attached hydrogen (secondary N) is 1. The molecule has 0 spiro atoms. The first kappa shape index (κ1) is 21.1. The van der Waals surface area contributed by atoms with E-state index in [9.17, 15) is 9.59 Å². The van der Waals surface area contributed by atoms with E-state index in [1.807, 2.05) is 47.4 Å². The summed E-state index contributed by atoms with van der Waals surface area (Å²) in [6.45, 7) is 2.11. The summed E-state index contributed by atoms with van der Waals surface area (Å²) in [6, 6.07) is 17.7. The second-order valence-corrected chi connectivity index (χ2v) is 7.71. The first-order valence-electron chi connectivity index (χ1n) is 10.6. The molecule has 154 valence electrons. The molecule has 2 aromatic carbocycles. The molecule has 29 heavy (non-hydrogen) atoms. The molecule has 0 bridgehead atoms. The summed E-state index contributed by atoms with van der Waals surface area (Å²) >= 11 is 0. The van der Waals surface area contributed by atoms with Crippen molar-refractivity contribution < 1.29 is 9.59 Å². The van der Waals surface area contributed by atoms with Crippen molar-refractivity contribution in [2.24, 2.45) is 11.7 Å². The lowest BCUT2D eigenvalue weighted by atomic mass is 10.1. The fourth-order valence-electron chi connectivity index (χ4n) is 3.85. The Hall–Kier alpha value is -2.66. The molecule has 0 heterocycles. The number of carbonyl (C=O) groups excluding carboxylic acids is 2. The van der Waals surface area contributed by atoms with Crippen molar-refractivity contribution >= 4 is 11.8 Å². The maximum Gasteiger partial charge on any atom is 0.253 e. The van der Waals surface area contributed by atoms with Gasteiger partial charge in [0.05, 0.1) is 0 Å². The third-order valence-corrected chi connectivity index (χ3v) is 5.59. The number of amides is 2. The molecular formula is C24H31N3O2. The van der Waals surface area contributed by atoms with E-state index >= 15 is 0 Å². The zero-order valence-electron chi connectivity index (χ0n) is 17.0. The summed E-state index contributed by atoms with van der Waals surface area (Å²) in [4.78, 5) is 26.9. The minimum Gasteiger partial charge on any atom is -0.352 e. The lowest BCUT2D eigenvalue weighted by molar-refractivity contribution is -0.124. The van der Waals surface area contributed by atoms with Crippen LogP contribution in [0.4, 0.5) is 0 Å². The molecule has 0 unspecified atom stereocenters. The highest BCUT2D eigenvalue weighted by atomic mass is 16.2. The molecule has 1 aliphatic rings. The molecule has 2 amide bonds. The van der Waals surface area contributed by atoms with Crippen LogP contribution in [0.15, 0.2) is 54.6 Å². The van der Waals surface area contributed by atoms with Crippen LogP contribution in [0.3, 0.4) is 0 Å². The normalized spacial score (nSPS) is 14.0. The summed E-state index contributed by atoms with van der Waals surface area (Å²) in [5.74, 6) is 0.316. The van der Waals surface area contributed by atoms with E-state index in [2.05, 4.69) is 17.4 Å². The molecule has 2 aromatic rings. The molecule has 1 saturated carbocycles. The number of hydrogen-bond donors (Lipinski definition) is 2. The average molecular weight is 394 g/mol. The third-order valence-electron chi connectivity index (χ3n) is 5.59. The van der Waals surface area contributed by atoms with E-state index in [0.717, 1.165) is 37.7 Å². The topological polar surface area (TPSA) is 75.4 Å². The minimum absolute atomic E-state index is 0.00655. The maximum atomic E-state index is 12.9. The first-order chi connectivity index (χ1) is 14.2. The molecule has 5 nitrogen and oxygen atoms in total. The SMILES string of the molecule is NCCN(CCc1ccccc1)C(=O)c1ccc(CNC(=O)C2CCCC2)cc1. The van der Waals surface area contributed by atoms with Crippen LogP contribution in [0.1, 0.15) is 47.2 Å². The number of benzene rings is 2. The van der Waals surface area contributed by atoms with Crippen molar-refractivity contribution in [2.45, 2.75) is 38.6 Å². The number of nitrogens with two attached hydrogens (primary N) is 1. The van der Waals surface area contributed by atoms with Gasteiger partial charge in [0.2, 0.25) is 5.91 Å². The highest BCUT2D eigenvalue weighted by Crippen LogP contribution is 2.24. The molecule has 0 aliphatic heterocycles. The van der Waals surface area contributed by atoms with Crippen molar-refractivity contribution in [3.8, 4) is 0 Å². The van der Waals surface area contributed by atoms with Crippen molar-refractivity contribution in [2.75, 3.05) is 19.6 Å². The van der Waals surface area contributed by atoms with Gasteiger partial charge in [-0.2, -0.15) is 0 Å². The molecule has 1 aliphatic carbocycles. The first-order valence-corrected chi connectivity index (χ1v) is 10.6. The Balaban J connectivity index is 1.54.